The largest absolute Gasteiger partial charge is 0.361 e. The number of nitrogens with one attached hydrogen (secondary N) is 2. The first-order valence-electron chi connectivity index (χ1n) is 9.04. The third kappa shape index (κ3) is 3.21. The van der Waals surface area contributed by atoms with Crippen molar-refractivity contribution in [1.29, 1.82) is 0 Å². The van der Waals surface area contributed by atoms with E-state index in [2.05, 4.69) is 46.7 Å². The summed E-state index contributed by atoms with van der Waals surface area (Å²) in [5.41, 5.74) is 3.46. The third-order valence-corrected chi connectivity index (χ3v) is 4.96. The van der Waals surface area contributed by atoms with Crippen molar-refractivity contribution in [3.63, 3.8) is 0 Å². The van der Waals surface area contributed by atoms with Gasteiger partial charge < -0.3 is 10.3 Å². The fraction of sp³-hybridized carbons (Fsp3) is 0.174. The van der Waals surface area contributed by atoms with E-state index >= 15 is 0 Å². The Kier molecular flexibility index (Phi) is 4.44. The monoisotopic (exact) mass is 342 g/mol. The quantitative estimate of drug-likeness (QED) is 0.519. The van der Waals surface area contributed by atoms with Gasteiger partial charge in [0.15, 0.2) is 0 Å². The van der Waals surface area contributed by atoms with Crippen LogP contribution in [0.25, 0.3) is 21.7 Å². The van der Waals surface area contributed by atoms with Crippen LogP contribution in [0.4, 0.5) is 0 Å². The number of hydrogen-bond donors (Lipinski definition) is 2. The normalized spacial score (nSPS) is 12.3. The molecule has 0 bridgehead atoms. The van der Waals surface area contributed by atoms with Crippen molar-refractivity contribution in [3.05, 3.63) is 84.1 Å². The number of H-pyrrole nitrogens is 1. The van der Waals surface area contributed by atoms with Crippen molar-refractivity contribution in [2.75, 3.05) is 0 Å². The molecule has 0 saturated heterocycles. The van der Waals surface area contributed by atoms with Gasteiger partial charge in [0.25, 0.3) is 0 Å². The molecular weight excluding hydrogens is 320 g/mol. The Hall–Kier alpha value is -3.07. The van der Waals surface area contributed by atoms with Gasteiger partial charge in [-0.3, -0.25) is 4.79 Å². The Morgan fingerprint density at radius 1 is 0.962 bits per heavy atom. The summed E-state index contributed by atoms with van der Waals surface area (Å²) in [5, 5.41) is 6.74. The fourth-order valence-electron chi connectivity index (χ4n) is 3.61. The molecule has 0 fully saturated rings. The van der Waals surface area contributed by atoms with Gasteiger partial charge in [0.2, 0.25) is 5.91 Å². The molecule has 4 aromatic rings. The minimum absolute atomic E-state index is 0.0171. The maximum absolute atomic E-state index is 12.5. The SMILES string of the molecule is CC(NC(=O)CCc1c[nH]c2ccccc12)c1cccc2ccccc12. The Balaban J connectivity index is 1.44. The molecule has 1 heterocycles. The van der Waals surface area contributed by atoms with E-state index in [4.69, 9.17) is 0 Å². The summed E-state index contributed by atoms with van der Waals surface area (Å²) in [5.74, 6) is 0.0794. The minimum Gasteiger partial charge on any atom is -0.361 e. The van der Waals surface area contributed by atoms with E-state index in [-0.39, 0.29) is 11.9 Å². The van der Waals surface area contributed by atoms with E-state index in [1.54, 1.807) is 0 Å². The molecule has 0 aliphatic heterocycles. The average molecular weight is 342 g/mol. The van der Waals surface area contributed by atoms with Crippen LogP contribution in [0.1, 0.15) is 30.5 Å². The van der Waals surface area contributed by atoms with Crippen LogP contribution in [0.2, 0.25) is 0 Å². The summed E-state index contributed by atoms with van der Waals surface area (Å²) in [6.45, 7) is 2.05. The summed E-state index contributed by atoms with van der Waals surface area (Å²) < 4.78 is 0. The first-order valence-corrected chi connectivity index (χ1v) is 9.04. The highest BCUT2D eigenvalue weighted by Crippen LogP contribution is 2.24. The van der Waals surface area contributed by atoms with Gasteiger partial charge in [0.1, 0.15) is 0 Å². The molecule has 1 aromatic heterocycles. The van der Waals surface area contributed by atoms with E-state index in [0.29, 0.717) is 6.42 Å². The van der Waals surface area contributed by atoms with Crippen molar-refractivity contribution in [2.24, 2.45) is 0 Å². The summed E-state index contributed by atoms with van der Waals surface area (Å²) in [7, 11) is 0. The number of aryl methyl sites for hydroxylation is 1. The average Bonchev–Trinajstić information content (AvgIpc) is 3.09. The topological polar surface area (TPSA) is 44.9 Å². The highest BCUT2D eigenvalue weighted by Gasteiger charge is 2.13. The molecule has 0 spiro atoms. The van der Waals surface area contributed by atoms with Crippen LogP contribution < -0.4 is 5.32 Å². The molecule has 1 unspecified atom stereocenters. The van der Waals surface area contributed by atoms with Crippen LogP contribution in [0.3, 0.4) is 0 Å². The maximum Gasteiger partial charge on any atom is 0.220 e. The Bertz CT molecular complexity index is 1060. The minimum atomic E-state index is -0.0171. The van der Waals surface area contributed by atoms with Gasteiger partial charge in [-0.15, -0.1) is 0 Å². The molecule has 0 aliphatic carbocycles. The molecule has 0 radical (unpaired) electrons. The van der Waals surface area contributed by atoms with Gasteiger partial charge in [-0.1, -0.05) is 60.7 Å². The molecular formula is C23H22N2O. The number of fused-ring (bicyclic) bond motifs is 2. The molecule has 3 aromatic carbocycles. The first kappa shape index (κ1) is 16.4. The second-order valence-electron chi connectivity index (χ2n) is 6.72. The van der Waals surface area contributed by atoms with Crippen LogP contribution >= 0.6 is 0 Å². The molecule has 0 aliphatic rings. The molecule has 2 N–H and O–H groups in total. The number of hydrogen-bond acceptors (Lipinski definition) is 1. The zero-order valence-corrected chi connectivity index (χ0v) is 14.8. The lowest BCUT2D eigenvalue weighted by Crippen LogP contribution is -2.26. The van der Waals surface area contributed by atoms with Crippen LogP contribution in [0.15, 0.2) is 72.9 Å². The number of amides is 1. The van der Waals surface area contributed by atoms with Gasteiger partial charge >= 0.3 is 0 Å². The van der Waals surface area contributed by atoms with Crippen molar-refractivity contribution >= 4 is 27.6 Å². The highest BCUT2D eigenvalue weighted by atomic mass is 16.1. The molecule has 3 heteroatoms. The number of para-hydroxylation sites is 1. The van der Waals surface area contributed by atoms with Crippen LogP contribution in [0.5, 0.6) is 0 Å². The molecule has 26 heavy (non-hydrogen) atoms. The standard InChI is InChI=1S/C23H22N2O/c1-16(19-11-6-8-17-7-2-3-9-20(17)19)25-23(26)14-13-18-15-24-22-12-5-4-10-21(18)22/h2-12,15-16,24H,13-14H2,1H3,(H,25,26). The second kappa shape index (κ2) is 7.04. The number of aromatic nitrogens is 1. The molecule has 130 valence electrons. The predicted octanol–water partition coefficient (Wildman–Crippen LogP) is 5.13. The predicted molar refractivity (Wildman–Crippen MR) is 107 cm³/mol. The van der Waals surface area contributed by atoms with Gasteiger partial charge in [-0.25, -0.2) is 0 Å². The van der Waals surface area contributed by atoms with E-state index in [0.717, 1.165) is 17.5 Å². The van der Waals surface area contributed by atoms with Gasteiger partial charge in [0, 0.05) is 23.5 Å². The van der Waals surface area contributed by atoms with Gasteiger partial charge in [-0.2, -0.15) is 0 Å². The Morgan fingerprint density at radius 3 is 2.58 bits per heavy atom. The molecule has 1 amide bonds. The first-order chi connectivity index (χ1) is 12.7. The summed E-state index contributed by atoms with van der Waals surface area (Å²) in [6.07, 6.45) is 3.22. The fourth-order valence-corrected chi connectivity index (χ4v) is 3.61. The number of carbonyl (C=O) groups excluding carboxylic acids is 1. The maximum atomic E-state index is 12.5. The summed E-state index contributed by atoms with van der Waals surface area (Å²) in [4.78, 5) is 15.7. The van der Waals surface area contributed by atoms with Crippen LogP contribution in [-0.4, -0.2) is 10.9 Å². The Labute approximate surface area is 153 Å². The van der Waals surface area contributed by atoms with Crippen LogP contribution in [0, 0.1) is 0 Å². The van der Waals surface area contributed by atoms with E-state index in [9.17, 15) is 4.79 Å². The molecule has 3 nitrogen and oxygen atoms in total. The van der Waals surface area contributed by atoms with Crippen molar-refractivity contribution in [2.45, 2.75) is 25.8 Å². The van der Waals surface area contributed by atoms with Crippen molar-refractivity contribution in [3.8, 4) is 0 Å². The zero-order chi connectivity index (χ0) is 17.9. The lowest BCUT2D eigenvalue weighted by atomic mass is 9.99. The second-order valence-corrected chi connectivity index (χ2v) is 6.72. The van der Waals surface area contributed by atoms with E-state index in [1.165, 1.54) is 21.7 Å². The number of rotatable bonds is 5. The lowest BCUT2D eigenvalue weighted by Gasteiger charge is -2.16. The van der Waals surface area contributed by atoms with Crippen molar-refractivity contribution < 1.29 is 4.79 Å². The summed E-state index contributed by atoms with van der Waals surface area (Å²) >= 11 is 0. The third-order valence-electron chi connectivity index (χ3n) is 4.96. The van der Waals surface area contributed by atoms with Gasteiger partial charge in [0.05, 0.1) is 6.04 Å². The molecule has 1 atom stereocenters. The lowest BCUT2D eigenvalue weighted by molar-refractivity contribution is -0.121. The van der Waals surface area contributed by atoms with E-state index in [1.807, 2.05) is 43.5 Å². The Morgan fingerprint density at radius 2 is 1.69 bits per heavy atom. The molecule has 0 saturated carbocycles. The van der Waals surface area contributed by atoms with E-state index < -0.39 is 0 Å². The number of aromatic amines is 1. The molecule has 4 rings (SSSR count). The van der Waals surface area contributed by atoms with Crippen LogP contribution in [-0.2, 0) is 11.2 Å². The zero-order valence-electron chi connectivity index (χ0n) is 14.8. The van der Waals surface area contributed by atoms with Crippen molar-refractivity contribution in [1.82, 2.24) is 10.3 Å². The number of benzene rings is 3. The summed E-state index contributed by atoms with van der Waals surface area (Å²) in [6, 6.07) is 22.7. The number of carbonyl (C=O) groups is 1. The van der Waals surface area contributed by atoms with Gasteiger partial charge in [-0.05, 0) is 41.3 Å². The smallest absolute Gasteiger partial charge is 0.220 e. The highest BCUT2D eigenvalue weighted by molar-refractivity contribution is 5.87.